The summed E-state index contributed by atoms with van der Waals surface area (Å²) in [6.45, 7) is 4.19. The van der Waals surface area contributed by atoms with Gasteiger partial charge in [-0.15, -0.1) is 11.3 Å². The first-order valence-electron chi connectivity index (χ1n) is 7.52. The molecule has 3 rings (SSSR count). The number of rotatable bonds is 6. The van der Waals surface area contributed by atoms with Gasteiger partial charge in [0.1, 0.15) is 5.75 Å². The molecule has 0 saturated heterocycles. The van der Waals surface area contributed by atoms with E-state index in [-0.39, 0.29) is 0 Å². The minimum atomic E-state index is -1.20. The number of thioether (sulfide) groups is 1. The van der Waals surface area contributed by atoms with E-state index in [1.54, 1.807) is 19.1 Å². The lowest BCUT2D eigenvalue weighted by atomic mass is 10.0. The number of carboxylic acids is 1. The topological polar surface area (TPSA) is 62.2 Å². The summed E-state index contributed by atoms with van der Waals surface area (Å²) in [5.41, 5.74) is 1.52. The van der Waals surface area contributed by atoms with Crippen LogP contribution in [0.25, 0.3) is 10.2 Å². The van der Waals surface area contributed by atoms with Crippen molar-refractivity contribution in [3.8, 4) is 5.75 Å². The maximum Gasteiger partial charge on any atom is 0.152 e. The molecule has 4 nitrogen and oxygen atoms in total. The van der Waals surface area contributed by atoms with Crippen molar-refractivity contribution in [3.05, 3.63) is 54.1 Å². The first-order chi connectivity index (χ1) is 11.5. The lowest BCUT2D eigenvalue weighted by Gasteiger charge is -2.29. The Kier molecular flexibility index (Phi) is 4.78. The van der Waals surface area contributed by atoms with Gasteiger partial charge in [0.05, 0.1) is 27.5 Å². The number of fused-ring (bicyclic) bond motifs is 1. The standard InChI is InChI=1S/C18H17NO3S2/c1-3-22-13-9-10-14-15(11-13)23-17(19-14)24-18(2,16(20)21)12-7-5-4-6-8-12/h4-11H,3H2,1-2H3,(H,20,21)/p-1/t18-/m0/s1. The van der Waals surface area contributed by atoms with Gasteiger partial charge >= 0.3 is 0 Å². The van der Waals surface area contributed by atoms with Crippen molar-refractivity contribution in [1.29, 1.82) is 0 Å². The molecule has 0 spiro atoms. The third-order valence-corrected chi connectivity index (χ3v) is 6.05. The fraction of sp³-hybridized carbons (Fsp3) is 0.222. The summed E-state index contributed by atoms with van der Waals surface area (Å²) in [5, 5.41) is 11.8. The van der Waals surface area contributed by atoms with Gasteiger partial charge in [-0.2, -0.15) is 0 Å². The Hall–Kier alpha value is -2.05. The number of aliphatic carboxylic acids is 1. The molecule has 0 radical (unpaired) electrons. The second-order valence-corrected chi connectivity index (χ2v) is 8.03. The minimum absolute atomic E-state index is 0.600. The highest BCUT2D eigenvalue weighted by molar-refractivity contribution is 8.02. The van der Waals surface area contributed by atoms with Gasteiger partial charge in [0.25, 0.3) is 0 Å². The normalized spacial score (nSPS) is 13.6. The molecule has 1 atom stereocenters. The molecule has 124 valence electrons. The van der Waals surface area contributed by atoms with E-state index in [1.807, 2.05) is 43.3 Å². The molecule has 0 aliphatic heterocycles. The molecule has 0 saturated carbocycles. The van der Waals surface area contributed by atoms with E-state index in [1.165, 1.54) is 23.1 Å². The van der Waals surface area contributed by atoms with Gasteiger partial charge in [0.2, 0.25) is 0 Å². The zero-order valence-electron chi connectivity index (χ0n) is 13.3. The second kappa shape index (κ2) is 6.83. The van der Waals surface area contributed by atoms with Crippen LogP contribution in [-0.2, 0) is 9.54 Å². The second-order valence-electron chi connectivity index (χ2n) is 5.33. The van der Waals surface area contributed by atoms with Crippen LogP contribution in [0.1, 0.15) is 19.4 Å². The van der Waals surface area contributed by atoms with Crippen LogP contribution in [0.5, 0.6) is 5.75 Å². The monoisotopic (exact) mass is 358 g/mol. The van der Waals surface area contributed by atoms with Crippen LogP contribution in [0.3, 0.4) is 0 Å². The maximum atomic E-state index is 11.8. The smallest absolute Gasteiger partial charge is 0.152 e. The van der Waals surface area contributed by atoms with Crippen molar-refractivity contribution >= 4 is 39.3 Å². The molecule has 1 aromatic heterocycles. The maximum absolute atomic E-state index is 11.8. The van der Waals surface area contributed by atoms with Gasteiger partial charge in [0.15, 0.2) is 4.34 Å². The van der Waals surface area contributed by atoms with Crippen LogP contribution in [0.4, 0.5) is 0 Å². The Bertz CT molecular complexity index is 863. The van der Waals surface area contributed by atoms with Crippen LogP contribution in [0, 0.1) is 0 Å². The number of benzene rings is 2. The van der Waals surface area contributed by atoms with Crippen molar-refractivity contribution in [3.63, 3.8) is 0 Å². The Morgan fingerprint density at radius 1 is 1.29 bits per heavy atom. The molecule has 0 bridgehead atoms. The number of aromatic nitrogens is 1. The van der Waals surface area contributed by atoms with Gasteiger partial charge < -0.3 is 14.6 Å². The van der Waals surface area contributed by atoms with E-state index in [9.17, 15) is 9.90 Å². The summed E-state index contributed by atoms with van der Waals surface area (Å²) in [6, 6.07) is 14.8. The summed E-state index contributed by atoms with van der Waals surface area (Å²) in [6.07, 6.45) is 0. The van der Waals surface area contributed by atoms with Gasteiger partial charge in [-0.25, -0.2) is 4.98 Å². The molecule has 24 heavy (non-hydrogen) atoms. The van der Waals surface area contributed by atoms with Crippen molar-refractivity contribution in [1.82, 2.24) is 4.98 Å². The summed E-state index contributed by atoms with van der Waals surface area (Å²) >= 11 is 2.66. The quantitative estimate of drug-likeness (QED) is 0.632. The summed E-state index contributed by atoms with van der Waals surface area (Å²) in [5.74, 6) is -0.344. The molecule has 2 aromatic carbocycles. The predicted molar refractivity (Wildman–Crippen MR) is 95.4 cm³/mol. The number of nitrogens with zero attached hydrogens (tertiary/aromatic N) is 1. The van der Waals surface area contributed by atoms with Crippen LogP contribution in [-0.4, -0.2) is 17.6 Å². The zero-order chi connectivity index (χ0) is 17.2. The Labute approximate surface area is 148 Å². The summed E-state index contributed by atoms with van der Waals surface area (Å²) in [4.78, 5) is 16.3. The molecule has 0 aliphatic carbocycles. The van der Waals surface area contributed by atoms with E-state index in [0.717, 1.165) is 16.0 Å². The van der Waals surface area contributed by atoms with E-state index >= 15 is 0 Å². The van der Waals surface area contributed by atoms with E-state index < -0.39 is 10.7 Å². The lowest BCUT2D eigenvalue weighted by Crippen LogP contribution is -2.41. The number of thiazole rings is 1. The van der Waals surface area contributed by atoms with Crippen LogP contribution >= 0.6 is 23.1 Å². The molecular formula is C18H16NO3S2-. The average Bonchev–Trinajstić information content (AvgIpc) is 2.97. The molecule has 0 fully saturated rings. The third kappa shape index (κ3) is 3.25. The Balaban J connectivity index is 1.96. The number of hydrogen-bond donors (Lipinski definition) is 0. The van der Waals surface area contributed by atoms with E-state index in [4.69, 9.17) is 4.74 Å². The minimum Gasteiger partial charge on any atom is -0.548 e. The fourth-order valence-electron chi connectivity index (χ4n) is 2.33. The molecule has 0 unspecified atom stereocenters. The highest BCUT2D eigenvalue weighted by atomic mass is 32.2. The Morgan fingerprint density at radius 3 is 2.71 bits per heavy atom. The van der Waals surface area contributed by atoms with Crippen LogP contribution < -0.4 is 9.84 Å². The van der Waals surface area contributed by atoms with Gasteiger partial charge in [0, 0.05) is 0 Å². The zero-order valence-corrected chi connectivity index (χ0v) is 14.9. The van der Waals surface area contributed by atoms with Gasteiger partial charge in [-0.1, -0.05) is 42.1 Å². The third-order valence-electron chi connectivity index (χ3n) is 3.66. The van der Waals surface area contributed by atoms with Crippen LogP contribution in [0.15, 0.2) is 52.9 Å². The van der Waals surface area contributed by atoms with Crippen molar-refractivity contribution < 1.29 is 14.6 Å². The number of carboxylic acid groups (broad SMARTS) is 1. The van der Waals surface area contributed by atoms with Gasteiger partial charge in [-0.3, -0.25) is 0 Å². The first kappa shape index (κ1) is 16.8. The Morgan fingerprint density at radius 2 is 2.04 bits per heavy atom. The summed E-state index contributed by atoms with van der Waals surface area (Å²) in [7, 11) is 0. The highest BCUT2D eigenvalue weighted by Crippen LogP contribution is 2.43. The highest BCUT2D eigenvalue weighted by Gasteiger charge is 2.31. The van der Waals surface area contributed by atoms with Crippen LogP contribution in [0.2, 0.25) is 0 Å². The number of carbonyl (C=O) groups is 1. The molecule has 0 amide bonds. The predicted octanol–water partition coefficient (Wildman–Crippen LogP) is 3.45. The summed E-state index contributed by atoms with van der Waals surface area (Å²) < 4.78 is 5.96. The molecule has 0 N–H and O–H groups in total. The first-order valence-corrected chi connectivity index (χ1v) is 9.15. The fourth-order valence-corrected chi connectivity index (χ4v) is 4.83. The molecular weight excluding hydrogens is 342 g/mol. The molecule has 6 heteroatoms. The number of ether oxygens (including phenoxy) is 1. The average molecular weight is 358 g/mol. The largest absolute Gasteiger partial charge is 0.548 e. The lowest BCUT2D eigenvalue weighted by molar-refractivity contribution is -0.309. The number of carbonyl (C=O) groups excluding carboxylic acids is 1. The SMILES string of the molecule is CCOc1ccc2nc(S[C@](C)(C(=O)[O-])c3ccccc3)sc2c1. The molecule has 1 heterocycles. The van der Waals surface area contributed by atoms with Crippen molar-refractivity contribution in [2.24, 2.45) is 0 Å². The van der Waals surface area contributed by atoms with Crippen molar-refractivity contribution in [2.45, 2.75) is 22.9 Å². The van der Waals surface area contributed by atoms with E-state index in [2.05, 4.69) is 4.98 Å². The molecule has 3 aromatic rings. The van der Waals surface area contributed by atoms with Crippen molar-refractivity contribution in [2.75, 3.05) is 6.61 Å². The van der Waals surface area contributed by atoms with E-state index in [0.29, 0.717) is 16.5 Å². The number of hydrogen-bond acceptors (Lipinski definition) is 6. The molecule has 0 aliphatic rings. The van der Waals surface area contributed by atoms with Gasteiger partial charge in [-0.05, 0) is 37.6 Å².